The van der Waals surface area contributed by atoms with Crippen molar-refractivity contribution < 1.29 is 23.1 Å². The average molecular weight is 353 g/mol. The predicted octanol–water partition coefficient (Wildman–Crippen LogP) is 1.13. The Morgan fingerprint density at radius 3 is 2.48 bits per heavy atom. The lowest BCUT2D eigenvalue weighted by Gasteiger charge is -2.26. The minimum atomic E-state index is -1.10. The van der Waals surface area contributed by atoms with Crippen molar-refractivity contribution in [1.82, 2.24) is 10.2 Å². The smallest absolute Gasteiger partial charge is 0.240 e. The Hall–Kier alpha value is -2.06. The molecule has 2 aliphatic rings. The van der Waals surface area contributed by atoms with Gasteiger partial charge in [0.1, 0.15) is 5.41 Å². The van der Waals surface area contributed by atoms with Gasteiger partial charge in [-0.05, 0) is 25.0 Å². The number of benzene rings is 1. The number of hydrogen-bond acceptors (Lipinski definition) is 4. The molecule has 0 atom stereocenters. The summed E-state index contributed by atoms with van der Waals surface area (Å²) in [5, 5.41) is 5.30. The first-order chi connectivity index (χ1) is 12.0. The molecule has 0 bridgehead atoms. The maximum atomic E-state index is 13.2. The van der Waals surface area contributed by atoms with E-state index in [0.717, 1.165) is 25.2 Å². The van der Waals surface area contributed by atoms with Crippen molar-refractivity contribution in [2.75, 3.05) is 44.7 Å². The summed E-state index contributed by atoms with van der Waals surface area (Å²) in [4.78, 5) is 26.9. The maximum absolute atomic E-state index is 13.2. The van der Waals surface area contributed by atoms with Crippen molar-refractivity contribution in [3.63, 3.8) is 0 Å². The summed E-state index contributed by atoms with van der Waals surface area (Å²) in [5.41, 5.74) is -0.966. The summed E-state index contributed by atoms with van der Waals surface area (Å²) < 4.78 is 31.4. The third kappa shape index (κ3) is 4.13. The van der Waals surface area contributed by atoms with Crippen LogP contribution in [-0.2, 0) is 14.3 Å². The van der Waals surface area contributed by atoms with Crippen LogP contribution in [0.4, 0.5) is 14.5 Å². The molecule has 1 saturated carbocycles. The summed E-state index contributed by atoms with van der Waals surface area (Å²) >= 11 is 0. The number of amides is 2. The van der Waals surface area contributed by atoms with Crippen LogP contribution in [0.2, 0.25) is 0 Å². The summed E-state index contributed by atoms with van der Waals surface area (Å²) in [5.74, 6) is -2.83. The van der Waals surface area contributed by atoms with Gasteiger partial charge in [0.25, 0.3) is 0 Å². The minimum Gasteiger partial charge on any atom is -0.379 e. The van der Waals surface area contributed by atoms with Crippen LogP contribution in [0, 0.1) is 17.0 Å². The molecular weight excluding hydrogens is 332 g/mol. The fraction of sp³-hybridized carbons (Fsp3) is 0.529. The van der Waals surface area contributed by atoms with E-state index >= 15 is 0 Å². The van der Waals surface area contributed by atoms with Crippen LogP contribution in [0.5, 0.6) is 0 Å². The monoisotopic (exact) mass is 353 g/mol. The number of nitrogens with zero attached hydrogens (tertiary/aromatic N) is 1. The van der Waals surface area contributed by atoms with E-state index in [-0.39, 0.29) is 11.6 Å². The molecule has 2 fully saturated rings. The van der Waals surface area contributed by atoms with Crippen molar-refractivity contribution >= 4 is 17.5 Å². The van der Waals surface area contributed by atoms with Crippen LogP contribution in [0.3, 0.4) is 0 Å². The fourth-order valence-corrected chi connectivity index (χ4v) is 2.83. The normalized spacial score (nSPS) is 19.3. The zero-order valence-corrected chi connectivity index (χ0v) is 13.8. The van der Waals surface area contributed by atoms with E-state index < -0.39 is 23.0 Å². The van der Waals surface area contributed by atoms with Gasteiger partial charge in [0.05, 0.1) is 13.2 Å². The highest BCUT2D eigenvalue weighted by atomic mass is 19.2. The second kappa shape index (κ2) is 7.45. The van der Waals surface area contributed by atoms with Crippen molar-refractivity contribution in [1.29, 1.82) is 0 Å². The molecule has 3 rings (SSSR count). The fourth-order valence-electron chi connectivity index (χ4n) is 2.83. The van der Waals surface area contributed by atoms with E-state index in [2.05, 4.69) is 15.5 Å². The molecule has 0 radical (unpaired) electrons. The lowest BCUT2D eigenvalue weighted by Crippen LogP contribution is -2.45. The van der Waals surface area contributed by atoms with Crippen molar-refractivity contribution in [3.8, 4) is 0 Å². The molecule has 1 aliphatic heterocycles. The average Bonchev–Trinajstić information content (AvgIpc) is 3.41. The quantitative estimate of drug-likeness (QED) is 0.753. The molecule has 1 aromatic carbocycles. The van der Waals surface area contributed by atoms with E-state index in [9.17, 15) is 18.4 Å². The molecule has 1 heterocycles. The highest BCUT2D eigenvalue weighted by Crippen LogP contribution is 2.46. The van der Waals surface area contributed by atoms with Crippen molar-refractivity contribution in [2.24, 2.45) is 5.41 Å². The molecule has 0 spiro atoms. The van der Waals surface area contributed by atoms with Gasteiger partial charge in [-0.2, -0.15) is 0 Å². The van der Waals surface area contributed by atoms with Gasteiger partial charge in [0, 0.05) is 37.9 Å². The van der Waals surface area contributed by atoms with E-state index in [1.807, 2.05) is 0 Å². The van der Waals surface area contributed by atoms with Gasteiger partial charge >= 0.3 is 0 Å². The first-order valence-electron chi connectivity index (χ1n) is 8.36. The molecular formula is C17H21F2N3O3. The number of halogens is 2. The van der Waals surface area contributed by atoms with Crippen LogP contribution in [0.25, 0.3) is 0 Å². The van der Waals surface area contributed by atoms with E-state index in [1.165, 1.54) is 6.07 Å². The van der Waals surface area contributed by atoms with Gasteiger partial charge in [-0.3, -0.25) is 14.5 Å². The molecule has 8 heteroatoms. The Labute approximate surface area is 144 Å². The van der Waals surface area contributed by atoms with Crippen LogP contribution in [0.1, 0.15) is 12.8 Å². The molecule has 2 N–H and O–H groups in total. The van der Waals surface area contributed by atoms with Crippen molar-refractivity contribution in [2.45, 2.75) is 12.8 Å². The molecule has 6 nitrogen and oxygen atoms in total. The van der Waals surface area contributed by atoms with Crippen LogP contribution < -0.4 is 10.6 Å². The molecule has 1 aromatic rings. The van der Waals surface area contributed by atoms with Gasteiger partial charge in [0.2, 0.25) is 11.8 Å². The number of nitrogens with one attached hydrogen (secondary N) is 2. The SMILES string of the molecule is O=C(NCCN1CCOCC1)C1(C(=O)Nc2ccc(F)c(F)c2)CC1. The molecule has 1 saturated heterocycles. The molecule has 0 aromatic heterocycles. The van der Waals surface area contributed by atoms with Gasteiger partial charge in [0.15, 0.2) is 11.6 Å². The summed E-state index contributed by atoms with van der Waals surface area (Å²) in [7, 11) is 0. The van der Waals surface area contributed by atoms with E-state index in [0.29, 0.717) is 39.1 Å². The Morgan fingerprint density at radius 2 is 1.84 bits per heavy atom. The van der Waals surface area contributed by atoms with Gasteiger partial charge < -0.3 is 15.4 Å². The Morgan fingerprint density at radius 1 is 1.12 bits per heavy atom. The lowest BCUT2D eigenvalue weighted by molar-refractivity contribution is -0.134. The number of anilines is 1. The predicted molar refractivity (Wildman–Crippen MR) is 86.9 cm³/mol. The second-order valence-electron chi connectivity index (χ2n) is 6.38. The molecule has 2 amide bonds. The summed E-state index contributed by atoms with van der Waals surface area (Å²) in [6.07, 6.45) is 0.901. The zero-order valence-electron chi connectivity index (χ0n) is 13.8. The highest BCUT2D eigenvalue weighted by molar-refractivity contribution is 6.13. The van der Waals surface area contributed by atoms with Crippen LogP contribution in [-0.4, -0.2) is 56.1 Å². The van der Waals surface area contributed by atoms with Gasteiger partial charge in [-0.1, -0.05) is 0 Å². The standard InChI is InChI=1S/C17H21F2N3O3/c18-13-2-1-12(11-14(13)19)21-16(24)17(3-4-17)15(23)20-5-6-22-7-9-25-10-8-22/h1-2,11H,3-10H2,(H,20,23)(H,21,24). The second-order valence-corrected chi connectivity index (χ2v) is 6.38. The van der Waals surface area contributed by atoms with Crippen LogP contribution in [0.15, 0.2) is 18.2 Å². The Balaban J connectivity index is 1.50. The maximum Gasteiger partial charge on any atom is 0.240 e. The molecule has 0 unspecified atom stereocenters. The summed E-state index contributed by atoms with van der Waals surface area (Å²) in [6.45, 7) is 4.20. The first-order valence-corrected chi connectivity index (χ1v) is 8.36. The minimum absolute atomic E-state index is 0.135. The zero-order chi connectivity index (χ0) is 17.9. The van der Waals surface area contributed by atoms with E-state index in [1.54, 1.807) is 0 Å². The van der Waals surface area contributed by atoms with E-state index in [4.69, 9.17) is 4.74 Å². The van der Waals surface area contributed by atoms with Gasteiger partial charge in [-0.25, -0.2) is 8.78 Å². The largest absolute Gasteiger partial charge is 0.379 e. The highest BCUT2D eigenvalue weighted by Gasteiger charge is 2.56. The van der Waals surface area contributed by atoms with Crippen LogP contribution >= 0.6 is 0 Å². The number of hydrogen-bond donors (Lipinski definition) is 2. The number of carbonyl (C=O) groups excluding carboxylic acids is 2. The Bertz CT molecular complexity index is 659. The third-order valence-corrected chi connectivity index (χ3v) is 4.61. The lowest BCUT2D eigenvalue weighted by atomic mass is 10.0. The van der Waals surface area contributed by atoms with Gasteiger partial charge in [-0.15, -0.1) is 0 Å². The topological polar surface area (TPSA) is 70.7 Å². The summed E-state index contributed by atoms with van der Waals surface area (Å²) in [6, 6.07) is 3.11. The number of morpholine rings is 1. The molecule has 136 valence electrons. The number of ether oxygens (including phenoxy) is 1. The molecule has 1 aliphatic carbocycles. The first kappa shape index (κ1) is 17.8. The van der Waals surface area contributed by atoms with Crippen molar-refractivity contribution in [3.05, 3.63) is 29.8 Å². The number of carbonyl (C=O) groups is 2. The number of rotatable bonds is 6. The molecule has 25 heavy (non-hydrogen) atoms. The Kier molecular flexibility index (Phi) is 5.29. The third-order valence-electron chi connectivity index (χ3n) is 4.61.